The van der Waals surface area contributed by atoms with Crippen molar-refractivity contribution >= 4 is 0 Å². The van der Waals surface area contributed by atoms with E-state index >= 15 is 0 Å². The lowest BCUT2D eigenvalue weighted by atomic mass is 9.96. The smallest absolute Gasteiger partial charge is 0.0414 e. The Kier molecular flexibility index (Phi) is 13.1. The van der Waals surface area contributed by atoms with E-state index in [1.165, 1.54) is 77.0 Å². The summed E-state index contributed by atoms with van der Waals surface area (Å²) >= 11 is 0. The zero-order valence-electron chi connectivity index (χ0n) is 11.8. The van der Waals surface area contributed by atoms with Crippen LogP contribution in [0, 0.1) is 12.8 Å². The molecular weight excluding hydrogens is 192 g/mol. The average Bonchev–Trinajstić information content (AvgIpc) is 2.29. The van der Waals surface area contributed by atoms with Crippen molar-refractivity contribution in [3.8, 4) is 0 Å². The molecule has 0 saturated carbocycles. The van der Waals surface area contributed by atoms with Gasteiger partial charge in [-0.1, -0.05) is 97.8 Å². The van der Waals surface area contributed by atoms with E-state index in [0.717, 1.165) is 5.92 Å². The second kappa shape index (κ2) is 13.1. The first-order valence-corrected chi connectivity index (χ1v) is 7.64. The van der Waals surface area contributed by atoms with Crippen LogP contribution in [0.25, 0.3) is 0 Å². The van der Waals surface area contributed by atoms with Crippen LogP contribution in [0.3, 0.4) is 0 Å². The summed E-state index contributed by atoms with van der Waals surface area (Å²) in [6, 6.07) is 0. The first kappa shape index (κ1) is 16.0. The topological polar surface area (TPSA) is 0 Å². The molecule has 0 spiro atoms. The Morgan fingerprint density at radius 2 is 1.00 bits per heavy atom. The zero-order valence-corrected chi connectivity index (χ0v) is 11.8. The van der Waals surface area contributed by atoms with Crippen molar-refractivity contribution in [1.29, 1.82) is 0 Å². The molecule has 0 aromatic heterocycles. The molecule has 0 N–H and O–H groups in total. The zero-order chi connectivity index (χ0) is 12.1. The maximum absolute atomic E-state index is 4.27. The molecule has 0 heteroatoms. The Morgan fingerprint density at radius 3 is 1.50 bits per heavy atom. The summed E-state index contributed by atoms with van der Waals surface area (Å²) in [6.07, 6.45) is 16.8. The largest absolute Gasteiger partial charge is 0.0654 e. The van der Waals surface area contributed by atoms with Crippen molar-refractivity contribution < 1.29 is 0 Å². The van der Waals surface area contributed by atoms with E-state index < -0.39 is 0 Å². The summed E-state index contributed by atoms with van der Waals surface area (Å²) in [7, 11) is 0. The van der Waals surface area contributed by atoms with Gasteiger partial charge in [0.25, 0.3) is 0 Å². The molecule has 0 aliphatic heterocycles. The van der Waals surface area contributed by atoms with Gasteiger partial charge in [0, 0.05) is 0 Å². The Hall–Kier alpha value is 0. The Morgan fingerprint density at radius 1 is 0.625 bits per heavy atom. The van der Waals surface area contributed by atoms with Crippen LogP contribution >= 0.6 is 0 Å². The highest BCUT2D eigenvalue weighted by Gasteiger charge is 2.01. The van der Waals surface area contributed by atoms with Gasteiger partial charge in [-0.25, -0.2) is 0 Å². The lowest BCUT2D eigenvalue weighted by molar-refractivity contribution is 0.466. The lowest BCUT2D eigenvalue weighted by Crippen LogP contribution is -1.95. The molecule has 0 aromatic carbocycles. The van der Waals surface area contributed by atoms with Gasteiger partial charge in [0.15, 0.2) is 0 Å². The van der Waals surface area contributed by atoms with Crippen molar-refractivity contribution in [2.24, 2.45) is 5.92 Å². The number of rotatable bonds is 12. The average molecular weight is 225 g/mol. The van der Waals surface area contributed by atoms with Gasteiger partial charge in [0.2, 0.25) is 0 Å². The Bertz CT molecular complexity index is 117. The highest BCUT2D eigenvalue weighted by molar-refractivity contribution is 4.61. The molecule has 0 heterocycles. The summed E-state index contributed by atoms with van der Waals surface area (Å²) in [6.45, 7) is 8.83. The van der Waals surface area contributed by atoms with Crippen LogP contribution < -0.4 is 0 Å². The molecule has 0 saturated heterocycles. The molecule has 0 aliphatic carbocycles. The summed E-state index contributed by atoms with van der Waals surface area (Å²) in [5, 5.41) is 0. The highest BCUT2D eigenvalue weighted by atomic mass is 14.1. The minimum absolute atomic E-state index is 0.725. The van der Waals surface area contributed by atoms with Crippen LogP contribution in [0.2, 0.25) is 0 Å². The highest BCUT2D eigenvalue weighted by Crippen LogP contribution is 2.17. The molecule has 16 heavy (non-hydrogen) atoms. The molecule has 0 bridgehead atoms. The molecular formula is C16H33. The van der Waals surface area contributed by atoms with E-state index in [1.54, 1.807) is 0 Å². The molecule has 0 unspecified atom stereocenters. The minimum atomic E-state index is 0.725. The van der Waals surface area contributed by atoms with Gasteiger partial charge in [-0.15, -0.1) is 0 Å². The van der Waals surface area contributed by atoms with Crippen molar-refractivity contribution in [1.82, 2.24) is 0 Å². The number of hydrogen-bond donors (Lipinski definition) is 0. The SMILES string of the molecule is [CH2][C@@H](CCCCCC)CCCCCCCC. The molecule has 97 valence electrons. The normalized spacial score (nSPS) is 12.9. The summed E-state index contributed by atoms with van der Waals surface area (Å²) in [5.74, 6) is 0.725. The third-order valence-electron chi connectivity index (χ3n) is 3.43. The lowest BCUT2D eigenvalue weighted by Gasteiger charge is -2.10. The fourth-order valence-electron chi connectivity index (χ4n) is 2.22. The van der Waals surface area contributed by atoms with E-state index in [-0.39, 0.29) is 0 Å². The van der Waals surface area contributed by atoms with E-state index in [2.05, 4.69) is 20.8 Å². The van der Waals surface area contributed by atoms with Crippen LogP contribution in [-0.2, 0) is 0 Å². The minimum Gasteiger partial charge on any atom is -0.0654 e. The van der Waals surface area contributed by atoms with E-state index in [9.17, 15) is 0 Å². The van der Waals surface area contributed by atoms with E-state index in [1.807, 2.05) is 0 Å². The molecule has 1 atom stereocenters. The fraction of sp³-hybridized carbons (Fsp3) is 0.938. The van der Waals surface area contributed by atoms with Crippen LogP contribution in [0.4, 0.5) is 0 Å². The molecule has 0 aromatic rings. The molecule has 0 aliphatic rings. The molecule has 1 radical (unpaired) electrons. The van der Waals surface area contributed by atoms with Crippen molar-refractivity contribution in [3.05, 3.63) is 6.92 Å². The first-order chi connectivity index (χ1) is 7.81. The molecule has 0 amide bonds. The number of unbranched alkanes of at least 4 members (excludes halogenated alkanes) is 8. The van der Waals surface area contributed by atoms with Crippen molar-refractivity contribution in [2.45, 2.75) is 90.9 Å². The third-order valence-corrected chi connectivity index (χ3v) is 3.43. The van der Waals surface area contributed by atoms with Crippen LogP contribution in [0.15, 0.2) is 0 Å². The van der Waals surface area contributed by atoms with Gasteiger partial charge < -0.3 is 0 Å². The first-order valence-electron chi connectivity index (χ1n) is 7.64. The molecule has 0 nitrogen and oxygen atoms in total. The predicted octanol–water partition coefficient (Wildman–Crippen LogP) is 6.16. The third kappa shape index (κ3) is 12.1. The molecule has 0 rings (SSSR count). The van der Waals surface area contributed by atoms with Crippen molar-refractivity contribution in [3.63, 3.8) is 0 Å². The van der Waals surface area contributed by atoms with Gasteiger partial charge in [-0.3, -0.25) is 0 Å². The second-order valence-corrected chi connectivity index (χ2v) is 5.27. The molecule has 0 fully saturated rings. The predicted molar refractivity (Wildman–Crippen MR) is 75.6 cm³/mol. The number of hydrogen-bond acceptors (Lipinski definition) is 0. The maximum atomic E-state index is 4.27. The maximum Gasteiger partial charge on any atom is -0.0414 e. The van der Waals surface area contributed by atoms with E-state index in [0.29, 0.717) is 0 Å². The van der Waals surface area contributed by atoms with Gasteiger partial charge in [0.05, 0.1) is 0 Å². The van der Waals surface area contributed by atoms with Crippen LogP contribution in [0.1, 0.15) is 90.9 Å². The van der Waals surface area contributed by atoms with Crippen molar-refractivity contribution in [2.75, 3.05) is 0 Å². The summed E-state index contributed by atoms with van der Waals surface area (Å²) in [4.78, 5) is 0. The fourth-order valence-corrected chi connectivity index (χ4v) is 2.22. The Balaban J connectivity index is 3.08. The van der Waals surface area contributed by atoms with Gasteiger partial charge in [-0.05, 0) is 5.92 Å². The van der Waals surface area contributed by atoms with Crippen LogP contribution in [0.5, 0.6) is 0 Å². The standard InChI is InChI=1S/C16H33/c1-4-6-8-10-11-13-15-16(3)14-12-9-7-5-2/h16H,3-15H2,1-2H3/t16-/m0/s1. The summed E-state index contributed by atoms with van der Waals surface area (Å²) in [5.41, 5.74) is 0. The van der Waals surface area contributed by atoms with Gasteiger partial charge >= 0.3 is 0 Å². The summed E-state index contributed by atoms with van der Waals surface area (Å²) < 4.78 is 0. The second-order valence-electron chi connectivity index (χ2n) is 5.27. The van der Waals surface area contributed by atoms with Gasteiger partial charge in [-0.2, -0.15) is 0 Å². The van der Waals surface area contributed by atoms with Crippen LogP contribution in [-0.4, -0.2) is 0 Å². The van der Waals surface area contributed by atoms with E-state index in [4.69, 9.17) is 0 Å². The van der Waals surface area contributed by atoms with Gasteiger partial charge in [0.1, 0.15) is 0 Å². The monoisotopic (exact) mass is 225 g/mol. The quantitative estimate of drug-likeness (QED) is 0.349. The Labute approximate surface area is 104 Å².